The summed E-state index contributed by atoms with van der Waals surface area (Å²) >= 11 is 1.19. The molecule has 25 heteroatoms. The highest BCUT2D eigenvalue weighted by atomic mass is 32.2. The largest absolute Gasteiger partial charge is 0.390 e. The lowest BCUT2D eigenvalue weighted by Crippen LogP contribution is -2.62. The summed E-state index contributed by atoms with van der Waals surface area (Å²) in [5.41, 5.74) is -1.89. The summed E-state index contributed by atoms with van der Waals surface area (Å²) in [6, 6.07) is -11.6. The van der Waals surface area contributed by atoms with Gasteiger partial charge in [0.05, 0.1) is 11.7 Å². The van der Waals surface area contributed by atoms with Crippen molar-refractivity contribution < 1.29 is 63.0 Å². The molecular formula is C69H123N11O13S. The molecule has 1 unspecified atom stereocenters. The van der Waals surface area contributed by atoms with Gasteiger partial charge in [-0.25, -0.2) is 0 Å². The van der Waals surface area contributed by atoms with E-state index in [1.54, 1.807) is 47.6 Å². The molecule has 0 aromatic rings. The Morgan fingerprint density at radius 2 is 1.01 bits per heavy atom. The van der Waals surface area contributed by atoms with Gasteiger partial charge in [0.1, 0.15) is 54.4 Å². The zero-order chi connectivity index (χ0) is 72.7. The van der Waals surface area contributed by atoms with Crippen molar-refractivity contribution in [3.63, 3.8) is 0 Å². The molecule has 538 valence electrons. The number of thioether (sulfide) groups is 1. The van der Waals surface area contributed by atoms with Gasteiger partial charge in [-0.15, -0.1) is 11.8 Å². The minimum absolute atomic E-state index is 0.0828. The maximum Gasteiger partial charge on any atom is 0.256 e. The zero-order valence-corrected chi connectivity index (χ0v) is 62.8. The van der Waals surface area contributed by atoms with Crippen LogP contribution in [0.5, 0.6) is 0 Å². The SMILES string of the molecule is C/C=C/C[C@@H](C)[C@@H](O)C1C(=O)C[C@H](CC)C(=O)N(C)[C@H](SCC2(N(C)C)CC2)C(=O)N(C)[C@@H](CC(C)(C)O)C(=O)N[C@H](C(C)C)C(=O)N(C)[C@H](CC(C)C)C(=O)N[C@H](C)C(=O)N[C@@H](C)C(=O)N(C)[C@H](CC(C)C)C(=O)N(C)[C@H](CC(C)C)C(=O)N(C)[C@H](C(C)C)C(=O)N1C. The quantitative estimate of drug-likeness (QED) is 0.110. The maximum atomic E-state index is 15.5. The number of nitrogens with zero attached hydrogens (tertiary/aromatic N) is 8. The van der Waals surface area contributed by atoms with Crippen LogP contribution in [-0.2, 0) is 52.7 Å². The average Bonchev–Trinajstić information content (AvgIpc) is 1.48. The second-order valence-corrected chi connectivity index (χ2v) is 30.8. The predicted octanol–water partition coefficient (Wildman–Crippen LogP) is 4.63. The maximum absolute atomic E-state index is 15.5. The molecule has 1 aliphatic heterocycles. The van der Waals surface area contributed by atoms with E-state index in [1.165, 1.54) is 113 Å². The van der Waals surface area contributed by atoms with Gasteiger partial charge in [0.25, 0.3) is 5.91 Å². The van der Waals surface area contributed by atoms with Crippen LogP contribution in [0.3, 0.4) is 0 Å². The summed E-state index contributed by atoms with van der Waals surface area (Å²) in [5, 5.41) is 30.7. The van der Waals surface area contributed by atoms with Crippen molar-refractivity contribution >= 4 is 76.6 Å². The van der Waals surface area contributed by atoms with E-state index in [1.807, 2.05) is 68.6 Å². The van der Waals surface area contributed by atoms with Gasteiger partial charge >= 0.3 is 0 Å². The molecule has 94 heavy (non-hydrogen) atoms. The fourth-order valence-electron chi connectivity index (χ4n) is 12.3. The summed E-state index contributed by atoms with van der Waals surface area (Å²) in [6.07, 6.45) is 3.76. The van der Waals surface area contributed by atoms with Crippen molar-refractivity contribution in [2.24, 2.45) is 41.4 Å². The van der Waals surface area contributed by atoms with Crippen LogP contribution in [-0.4, -0.2) is 260 Å². The monoisotopic (exact) mass is 1350 g/mol. The Hall–Kier alpha value is -5.66. The smallest absolute Gasteiger partial charge is 0.256 e. The Bertz CT molecular complexity index is 2640. The average molecular weight is 1350 g/mol. The van der Waals surface area contributed by atoms with Crippen molar-refractivity contribution in [3.8, 4) is 0 Å². The normalized spacial score (nSPS) is 27.7. The molecule has 1 saturated heterocycles. The fraction of sp³-hybridized carbons (Fsp3) is 0.812. The van der Waals surface area contributed by atoms with Crippen molar-refractivity contribution in [1.29, 1.82) is 0 Å². The molecular weight excluding hydrogens is 1220 g/mol. The Labute approximate surface area is 567 Å². The molecule has 2 fully saturated rings. The second-order valence-electron chi connectivity index (χ2n) is 29.8. The molecule has 1 aliphatic carbocycles. The first-order chi connectivity index (χ1) is 43.3. The first-order valence-corrected chi connectivity index (χ1v) is 34.9. The van der Waals surface area contributed by atoms with E-state index in [9.17, 15) is 29.4 Å². The highest BCUT2D eigenvalue weighted by Gasteiger charge is 2.49. The summed E-state index contributed by atoms with van der Waals surface area (Å²) < 4.78 is 0. The molecule has 0 spiro atoms. The molecule has 5 N–H and O–H groups in total. The topological polar surface area (TPSA) is 290 Å². The molecule has 0 radical (unpaired) electrons. The number of rotatable bonds is 19. The van der Waals surface area contributed by atoms with E-state index in [0.29, 0.717) is 12.2 Å². The predicted molar refractivity (Wildman–Crippen MR) is 368 cm³/mol. The molecule has 2 aliphatic rings. The van der Waals surface area contributed by atoms with Crippen molar-refractivity contribution in [3.05, 3.63) is 12.2 Å². The molecule has 0 bridgehead atoms. The van der Waals surface area contributed by atoms with Crippen molar-refractivity contribution in [2.45, 2.75) is 252 Å². The van der Waals surface area contributed by atoms with Crippen LogP contribution in [0.4, 0.5) is 0 Å². The number of Topliss-reactive ketones (excluding diaryl/α,β-unsaturated/α-hetero) is 1. The number of hydrogen-bond acceptors (Lipinski definition) is 15. The van der Waals surface area contributed by atoms with Gasteiger partial charge in [0.15, 0.2) is 11.2 Å². The Morgan fingerprint density at radius 1 is 0.564 bits per heavy atom. The number of aliphatic hydroxyl groups is 2. The van der Waals surface area contributed by atoms with Crippen LogP contribution >= 0.6 is 11.8 Å². The molecule has 13 atom stereocenters. The van der Waals surface area contributed by atoms with E-state index in [2.05, 4.69) is 20.9 Å². The number of aliphatic hydroxyl groups excluding tert-OH is 1. The standard InChI is InChI=1S/C69H123N11O13S/c1-27-29-30-44(13)56(82)55-52(81)36-47(28-2)61(87)80(26)67(94-38-69(31-32-69)73(18)19)66(92)77(23)51(37-68(16,17)93)59(85)72-53(42(9)10)64(90)74(20)48(33-39(3)4)58(84)70-45(14)57(83)71-46(15)60(86)75(21)49(34-40(5)6)62(88)76(22)50(35-41(7)8)63(89)78(24)54(43(11)12)65(91)79(55)25/h27,29,39-51,53-56,67,82,93H,28,30-38H2,1-26H3,(H,70,84)(H,71,83)(H,72,85)/b29-27+/t44-,45-,46+,47+,48-,49-,50-,51+,53-,54-,55?,56-,67-/m1/s1. The van der Waals surface area contributed by atoms with E-state index < -0.39 is 166 Å². The Kier molecular flexibility index (Phi) is 32.9. The highest BCUT2D eigenvalue weighted by molar-refractivity contribution is 8.00. The first-order valence-electron chi connectivity index (χ1n) is 33.9. The number of likely N-dealkylation sites (N-methyl/N-ethyl adjacent to an activating group) is 7. The molecule has 24 nitrogen and oxygen atoms in total. The highest BCUT2D eigenvalue weighted by Crippen LogP contribution is 2.44. The van der Waals surface area contributed by atoms with Crippen molar-refractivity contribution in [2.75, 3.05) is 69.2 Å². The molecule has 10 amide bonds. The summed E-state index contributed by atoms with van der Waals surface area (Å²) in [5.74, 6) is -10.4. The number of hydrogen-bond donors (Lipinski definition) is 5. The number of carbonyl (C=O) groups is 11. The van der Waals surface area contributed by atoms with Crippen LogP contribution < -0.4 is 16.0 Å². The fourth-order valence-corrected chi connectivity index (χ4v) is 13.9. The summed E-state index contributed by atoms with van der Waals surface area (Å²) in [7, 11) is 13.9. The van der Waals surface area contributed by atoms with Gasteiger partial charge in [0.2, 0.25) is 53.2 Å². The lowest BCUT2D eigenvalue weighted by atomic mass is 9.86. The lowest BCUT2D eigenvalue weighted by molar-refractivity contribution is -0.157. The van der Waals surface area contributed by atoms with E-state index >= 15 is 33.6 Å². The number of carbonyl (C=O) groups excluding carboxylic acids is 11. The number of allylic oxidation sites excluding steroid dienone is 2. The third kappa shape index (κ3) is 22.7. The number of amides is 10. The lowest BCUT2D eigenvalue weighted by Gasteiger charge is -2.41. The van der Waals surface area contributed by atoms with Gasteiger partial charge in [-0.05, 0) is 129 Å². The Balaban J connectivity index is 3.14. The van der Waals surface area contributed by atoms with Gasteiger partial charge in [0, 0.05) is 79.4 Å². The van der Waals surface area contributed by atoms with Crippen LogP contribution in [0.15, 0.2) is 12.2 Å². The van der Waals surface area contributed by atoms with Crippen LogP contribution in [0.2, 0.25) is 0 Å². The molecule has 0 aromatic heterocycles. The van der Waals surface area contributed by atoms with Crippen molar-refractivity contribution in [1.82, 2.24) is 55.1 Å². The second kappa shape index (κ2) is 36.6. The van der Waals surface area contributed by atoms with Crippen LogP contribution in [0, 0.1) is 41.4 Å². The summed E-state index contributed by atoms with van der Waals surface area (Å²) in [6.45, 7) is 29.2. The minimum Gasteiger partial charge on any atom is -0.390 e. The van der Waals surface area contributed by atoms with E-state index in [0.717, 1.165) is 22.6 Å². The van der Waals surface area contributed by atoms with Gasteiger partial charge in [-0.2, -0.15) is 0 Å². The van der Waals surface area contributed by atoms with Gasteiger partial charge in [-0.3, -0.25) is 52.7 Å². The number of nitrogens with one attached hydrogen (secondary N) is 3. The van der Waals surface area contributed by atoms with Gasteiger partial charge in [-0.1, -0.05) is 95.2 Å². The third-order valence-electron chi connectivity index (χ3n) is 18.8. The van der Waals surface area contributed by atoms with Gasteiger partial charge < -0.3 is 65.4 Å². The summed E-state index contributed by atoms with van der Waals surface area (Å²) in [4.78, 5) is 175. The third-order valence-corrected chi connectivity index (χ3v) is 20.3. The van der Waals surface area contributed by atoms with Crippen LogP contribution in [0.25, 0.3) is 0 Å². The first kappa shape index (κ1) is 84.4. The van der Waals surface area contributed by atoms with E-state index in [-0.39, 0.29) is 55.4 Å². The Morgan fingerprint density at radius 3 is 1.46 bits per heavy atom. The number of ketones is 1. The minimum atomic E-state index is -1.58. The molecule has 2 rings (SSSR count). The molecule has 0 aromatic carbocycles. The molecule has 1 saturated carbocycles. The van der Waals surface area contributed by atoms with Crippen LogP contribution in [0.1, 0.15) is 175 Å². The zero-order valence-electron chi connectivity index (χ0n) is 62.0. The molecule has 1 heterocycles. The van der Waals surface area contributed by atoms with E-state index in [4.69, 9.17) is 0 Å².